The number of alkyl halides is 1. The summed E-state index contributed by atoms with van der Waals surface area (Å²) in [5, 5.41) is 1.58. The highest BCUT2D eigenvalue weighted by Gasteiger charge is 2.49. The van der Waals surface area contributed by atoms with Gasteiger partial charge in [0.1, 0.15) is 12.0 Å². The molecule has 1 saturated heterocycles. The number of amidine groups is 1. The van der Waals surface area contributed by atoms with Gasteiger partial charge in [0.15, 0.2) is 12.0 Å². The van der Waals surface area contributed by atoms with Crippen molar-refractivity contribution >= 4 is 11.6 Å². The molecule has 3 atom stereocenters. The summed E-state index contributed by atoms with van der Waals surface area (Å²) in [5.41, 5.74) is 3.34. The van der Waals surface area contributed by atoms with Crippen molar-refractivity contribution in [2.24, 2.45) is 10.9 Å². The molecular formula is C15H15F2N3O. The first-order valence-corrected chi connectivity index (χ1v) is 7.20. The third-order valence-electron chi connectivity index (χ3n) is 4.33. The molecule has 2 fully saturated rings. The first kappa shape index (κ1) is 12.9. The van der Waals surface area contributed by atoms with Gasteiger partial charge >= 0.3 is 0 Å². The highest BCUT2D eigenvalue weighted by Crippen LogP contribution is 2.40. The Kier molecular flexibility index (Phi) is 2.82. The van der Waals surface area contributed by atoms with Crippen LogP contribution in [0.4, 0.5) is 8.78 Å². The number of hydrazine groups is 1. The van der Waals surface area contributed by atoms with Crippen molar-refractivity contribution in [2.75, 3.05) is 0 Å². The number of hydrogen-bond acceptors (Lipinski definition) is 4. The summed E-state index contributed by atoms with van der Waals surface area (Å²) in [6, 6.07) is 5.90. The fourth-order valence-electron chi connectivity index (χ4n) is 3.06. The second-order valence-corrected chi connectivity index (χ2v) is 5.84. The van der Waals surface area contributed by atoms with Crippen LogP contribution in [-0.4, -0.2) is 29.0 Å². The van der Waals surface area contributed by atoms with E-state index in [0.717, 1.165) is 12.8 Å². The van der Waals surface area contributed by atoms with Crippen molar-refractivity contribution in [3.05, 3.63) is 35.6 Å². The van der Waals surface area contributed by atoms with Crippen molar-refractivity contribution in [1.29, 1.82) is 0 Å². The number of halogens is 2. The van der Waals surface area contributed by atoms with E-state index in [1.54, 1.807) is 23.2 Å². The molecule has 21 heavy (non-hydrogen) atoms. The van der Waals surface area contributed by atoms with Crippen LogP contribution in [-0.2, 0) is 4.79 Å². The normalized spacial score (nSPS) is 31.7. The smallest absolute Gasteiger partial charge is 0.201 e. The Bertz CT molecular complexity index is 629. The number of Topliss-reactive ketones (excluding diaryl/α,β-unsaturated/α-hetero) is 1. The van der Waals surface area contributed by atoms with Gasteiger partial charge in [-0.3, -0.25) is 10.2 Å². The van der Waals surface area contributed by atoms with E-state index in [2.05, 4.69) is 10.4 Å². The number of fused-ring (bicyclic) bond motifs is 1. The topological polar surface area (TPSA) is 44.7 Å². The number of nitrogens with zero attached hydrogens (tertiary/aromatic N) is 2. The minimum absolute atomic E-state index is 0.0289. The molecule has 3 aliphatic rings. The molecule has 1 unspecified atom stereocenters. The third-order valence-corrected chi connectivity index (χ3v) is 4.33. The zero-order valence-electron chi connectivity index (χ0n) is 11.3. The van der Waals surface area contributed by atoms with Crippen LogP contribution in [0.1, 0.15) is 30.9 Å². The maximum absolute atomic E-state index is 14.2. The van der Waals surface area contributed by atoms with Crippen LogP contribution in [0.25, 0.3) is 0 Å². The van der Waals surface area contributed by atoms with Crippen molar-refractivity contribution in [3.8, 4) is 0 Å². The van der Waals surface area contributed by atoms with Crippen molar-refractivity contribution < 1.29 is 13.6 Å². The maximum atomic E-state index is 14.2. The van der Waals surface area contributed by atoms with Gasteiger partial charge in [0, 0.05) is 17.9 Å². The van der Waals surface area contributed by atoms with Crippen LogP contribution < -0.4 is 5.43 Å². The van der Waals surface area contributed by atoms with E-state index in [0.29, 0.717) is 5.56 Å². The number of nitrogens with one attached hydrogen (secondary N) is 1. The monoisotopic (exact) mass is 291 g/mol. The molecule has 110 valence electrons. The van der Waals surface area contributed by atoms with Crippen LogP contribution in [0, 0.1) is 11.7 Å². The second-order valence-electron chi connectivity index (χ2n) is 5.84. The molecule has 0 amide bonds. The van der Waals surface area contributed by atoms with Crippen LogP contribution in [0.2, 0.25) is 0 Å². The lowest BCUT2D eigenvalue weighted by molar-refractivity contribution is -0.114. The molecule has 1 aromatic rings. The van der Waals surface area contributed by atoms with Crippen molar-refractivity contribution in [1.82, 2.24) is 10.4 Å². The second kappa shape index (κ2) is 4.59. The Morgan fingerprint density at radius 2 is 2.10 bits per heavy atom. The van der Waals surface area contributed by atoms with Gasteiger partial charge in [0.25, 0.3) is 0 Å². The van der Waals surface area contributed by atoms with Gasteiger partial charge in [0.05, 0.1) is 6.04 Å². The Morgan fingerprint density at radius 1 is 1.33 bits per heavy atom. The molecule has 0 aromatic heterocycles. The largest absolute Gasteiger partial charge is 0.298 e. The predicted octanol–water partition coefficient (Wildman–Crippen LogP) is 2.13. The summed E-state index contributed by atoms with van der Waals surface area (Å²) in [6.45, 7) is 0. The van der Waals surface area contributed by atoms with Gasteiger partial charge in [-0.1, -0.05) is 18.2 Å². The average molecular weight is 291 g/mol. The Hall–Kier alpha value is -1.82. The molecule has 0 radical (unpaired) electrons. The van der Waals surface area contributed by atoms with E-state index in [-0.39, 0.29) is 29.8 Å². The number of carbonyl (C=O) groups is 1. The zero-order valence-corrected chi connectivity index (χ0v) is 11.3. The quantitative estimate of drug-likeness (QED) is 0.928. The van der Waals surface area contributed by atoms with E-state index < -0.39 is 18.4 Å². The average Bonchev–Trinajstić information content (AvgIpc) is 3.15. The van der Waals surface area contributed by atoms with Gasteiger partial charge in [0.2, 0.25) is 5.78 Å². The molecule has 2 aliphatic heterocycles. The van der Waals surface area contributed by atoms with Gasteiger partial charge in [-0.2, -0.15) is 5.01 Å². The van der Waals surface area contributed by atoms with E-state index in [1.807, 2.05) is 0 Å². The summed E-state index contributed by atoms with van der Waals surface area (Å²) < 4.78 is 28.1. The summed E-state index contributed by atoms with van der Waals surface area (Å²) in [4.78, 5) is 16.2. The Morgan fingerprint density at radius 3 is 2.81 bits per heavy atom. The molecule has 0 spiro atoms. The Labute approximate surface area is 120 Å². The summed E-state index contributed by atoms with van der Waals surface area (Å²) >= 11 is 0. The molecule has 2 heterocycles. The number of aliphatic imine (C=N–C) groups is 1. The summed E-state index contributed by atoms with van der Waals surface area (Å²) in [7, 11) is 0. The standard InChI is InChI=1S/C15H15F2N3O/c16-10-4-2-1-3-9(10)12-7-11(17)15-18-14(19-20(12)15)13(21)8-5-6-8/h1-4,8,11-12,15H,5-7H2,(H,18,19)/t11-,12-,15?/m0/s1. The van der Waals surface area contributed by atoms with Crippen LogP contribution >= 0.6 is 0 Å². The number of rotatable bonds is 3. The number of carbonyl (C=O) groups excluding carboxylic acids is 1. The van der Waals surface area contributed by atoms with E-state index in [9.17, 15) is 13.6 Å². The zero-order chi connectivity index (χ0) is 14.6. The lowest BCUT2D eigenvalue weighted by Gasteiger charge is -2.23. The molecule has 1 aromatic carbocycles. The molecular weight excluding hydrogens is 276 g/mol. The summed E-state index contributed by atoms with van der Waals surface area (Å²) in [5.74, 6) is -0.157. The molecule has 1 aliphatic carbocycles. The van der Waals surface area contributed by atoms with E-state index in [1.165, 1.54) is 6.07 Å². The first-order valence-electron chi connectivity index (χ1n) is 7.20. The van der Waals surface area contributed by atoms with Crippen LogP contribution in [0.3, 0.4) is 0 Å². The highest BCUT2D eigenvalue weighted by atomic mass is 19.1. The molecule has 0 bridgehead atoms. The van der Waals surface area contributed by atoms with E-state index >= 15 is 0 Å². The lowest BCUT2D eigenvalue weighted by atomic mass is 10.0. The number of hydrogen-bond donors (Lipinski definition) is 1. The fraction of sp³-hybridized carbons (Fsp3) is 0.467. The van der Waals surface area contributed by atoms with Gasteiger partial charge < -0.3 is 0 Å². The summed E-state index contributed by atoms with van der Waals surface area (Å²) in [6.07, 6.45) is -0.00796. The maximum Gasteiger partial charge on any atom is 0.201 e. The fourth-order valence-corrected chi connectivity index (χ4v) is 3.06. The van der Waals surface area contributed by atoms with Gasteiger partial charge in [-0.05, 0) is 18.9 Å². The minimum Gasteiger partial charge on any atom is -0.298 e. The minimum atomic E-state index is -1.20. The predicted molar refractivity (Wildman–Crippen MR) is 72.6 cm³/mol. The molecule has 1 saturated carbocycles. The van der Waals surface area contributed by atoms with Gasteiger partial charge in [-0.15, -0.1) is 0 Å². The van der Waals surface area contributed by atoms with Crippen LogP contribution in [0.5, 0.6) is 0 Å². The highest BCUT2D eigenvalue weighted by molar-refractivity contribution is 6.40. The van der Waals surface area contributed by atoms with Gasteiger partial charge in [-0.25, -0.2) is 13.8 Å². The molecule has 1 N–H and O–H groups in total. The number of benzene rings is 1. The third kappa shape index (κ3) is 2.05. The Balaban J connectivity index is 1.61. The van der Waals surface area contributed by atoms with Crippen molar-refractivity contribution in [3.63, 3.8) is 0 Å². The molecule has 4 rings (SSSR count). The number of ketones is 1. The lowest BCUT2D eigenvalue weighted by Crippen LogP contribution is -2.42. The van der Waals surface area contributed by atoms with Crippen molar-refractivity contribution in [2.45, 2.75) is 37.6 Å². The first-order chi connectivity index (χ1) is 10.1. The molecule has 4 nitrogen and oxygen atoms in total. The van der Waals surface area contributed by atoms with E-state index in [4.69, 9.17) is 0 Å². The SMILES string of the molecule is O=C(C1=NC2[C@@H](F)C[C@@H](c3ccccc3F)N2N1)C1CC1. The molecule has 6 heteroatoms. The van der Waals surface area contributed by atoms with Crippen LogP contribution in [0.15, 0.2) is 29.3 Å².